The van der Waals surface area contributed by atoms with Gasteiger partial charge in [0.2, 0.25) is 0 Å². The molecule has 1 amide bonds. The second-order valence-electron chi connectivity index (χ2n) is 17.6. The number of hydrogen-bond donors (Lipinski definition) is 2. The number of ether oxygens (including phenoxy) is 9. The molecule has 0 aliphatic carbocycles. The summed E-state index contributed by atoms with van der Waals surface area (Å²) in [4.78, 5) is 58.2. The number of alkyl carbamates (subject to hydrolysis) is 1. The third kappa shape index (κ3) is 8.50. The zero-order valence-electron chi connectivity index (χ0n) is 35.4. The first-order valence-electron chi connectivity index (χ1n) is 20.1. The Labute approximate surface area is 331 Å². The lowest BCUT2D eigenvalue weighted by Crippen LogP contribution is -2.63. The summed E-state index contributed by atoms with van der Waals surface area (Å²) in [7, 11) is 6.82. The number of amides is 1. The number of aliphatic hydroxyl groups excluding tert-OH is 1. The summed E-state index contributed by atoms with van der Waals surface area (Å²) in [6.45, 7) is 15.9. The van der Waals surface area contributed by atoms with Crippen LogP contribution in [0.15, 0.2) is 0 Å². The minimum absolute atomic E-state index is 0.00667. The van der Waals surface area contributed by atoms with E-state index >= 15 is 0 Å². The molecule has 16 nitrogen and oxygen atoms in total. The molecule has 5 aliphatic heterocycles. The molecule has 320 valence electrons. The van der Waals surface area contributed by atoms with E-state index in [0.717, 1.165) is 0 Å². The summed E-state index contributed by atoms with van der Waals surface area (Å²) < 4.78 is 57.0. The summed E-state index contributed by atoms with van der Waals surface area (Å²) in [5.74, 6) is -5.07. The molecule has 0 radical (unpaired) electrons. The van der Waals surface area contributed by atoms with Crippen molar-refractivity contribution in [2.75, 3.05) is 28.3 Å². The smallest absolute Gasteiger partial charge is 0.408 e. The minimum atomic E-state index is -1.45. The highest BCUT2D eigenvalue weighted by Gasteiger charge is 2.59. The predicted octanol–water partition coefficient (Wildman–Crippen LogP) is 3.13. The van der Waals surface area contributed by atoms with Crippen LogP contribution in [-0.2, 0) is 57.0 Å². The molecule has 0 saturated carbocycles. The molecule has 5 rings (SSSR count). The van der Waals surface area contributed by atoms with Gasteiger partial charge in [0.05, 0.1) is 60.0 Å². The van der Waals surface area contributed by atoms with E-state index in [2.05, 4.69) is 5.32 Å². The molecule has 2 N–H and O–H groups in total. The van der Waals surface area contributed by atoms with Gasteiger partial charge in [0, 0.05) is 38.4 Å². The van der Waals surface area contributed by atoms with E-state index in [-0.39, 0.29) is 43.6 Å². The minimum Gasteiger partial charge on any atom is -0.458 e. The van der Waals surface area contributed by atoms with Crippen LogP contribution in [0.3, 0.4) is 0 Å². The van der Waals surface area contributed by atoms with Crippen LogP contribution in [0.1, 0.15) is 94.4 Å². The number of carbonyl (C=O) groups is 4. The van der Waals surface area contributed by atoms with Crippen LogP contribution in [0.5, 0.6) is 0 Å². The van der Waals surface area contributed by atoms with Crippen LogP contribution in [0.4, 0.5) is 4.79 Å². The Morgan fingerprint density at radius 3 is 2.16 bits per heavy atom. The van der Waals surface area contributed by atoms with Crippen molar-refractivity contribution >= 4 is 23.8 Å². The predicted molar refractivity (Wildman–Crippen MR) is 199 cm³/mol. The highest BCUT2D eigenvalue weighted by Crippen LogP contribution is 2.44. The number of nitrogens with zero attached hydrogens (tertiary/aromatic N) is 1. The van der Waals surface area contributed by atoms with E-state index in [0.29, 0.717) is 6.42 Å². The average molecular weight is 799 g/mol. The zero-order chi connectivity index (χ0) is 41.7. The molecule has 56 heavy (non-hydrogen) atoms. The molecule has 0 aromatic heterocycles. The van der Waals surface area contributed by atoms with Gasteiger partial charge < -0.3 is 58.0 Å². The van der Waals surface area contributed by atoms with Gasteiger partial charge in [-0.2, -0.15) is 0 Å². The summed E-state index contributed by atoms with van der Waals surface area (Å²) in [6, 6.07) is -1.22. The zero-order valence-corrected chi connectivity index (χ0v) is 35.4. The summed E-state index contributed by atoms with van der Waals surface area (Å²) in [5.41, 5.74) is -3.78. The maximum absolute atomic E-state index is 14.8. The molecule has 0 aromatic carbocycles. The van der Waals surface area contributed by atoms with Crippen molar-refractivity contribution < 1.29 is 66.9 Å². The fraction of sp³-hybridized carbons (Fsp3) is 0.900. The van der Waals surface area contributed by atoms with Crippen molar-refractivity contribution in [2.45, 2.75) is 179 Å². The number of aliphatic hydroxyl groups is 1. The number of esters is 2. The number of likely N-dealkylation sites (N-methyl/N-ethyl adjacent to an activating group) is 1. The van der Waals surface area contributed by atoms with Crippen LogP contribution >= 0.6 is 0 Å². The van der Waals surface area contributed by atoms with Crippen molar-refractivity contribution in [1.82, 2.24) is 10.2 Å². The van der Waals surface area contributed by atoms with Gasteiger partial charge in [-0.1, -0.05) is 20.8 Å². The topological polar surface area (TPSA) is 187 Å². The van der Waals surface area contributed by atoms with E-state index < -0.39 is 114 Å². The largest absolute Gasteiger partial charge is 0.458 e. The van der Waals surface area contributed by atoms with Gasteiger partial charge in [-0.3, -0.25) is 14.4 Å². The first-order chi connectivity index (χ1) is 26.1. The van der Waals surface area contributed by atoms with E-state index in [9.17, 15) is 24.3 Å². The highest BCUT2D eigenvalue weighted by atomic mass is 16.7. The molecule has 5 saturated heterocycles. The van der Waals surface area contributed by atoms with Crippen molar-refractivity contribution in [3.63, 3.8) is 0 Å². The van der Waals surface area contributed by atoms with E-state index in [1.807, 2.05) is 39.8 Å². The van der Waals surface area contributed by atoms with Gasteiger partial charge in [-0.15, -0.1) is 0 Å². The number of nitrogens with one attached hydrogen (secondary N) is 1. The quantitative estimate of drug-likeness (QED) is 0.295. The molecule has 5 fully saturated rings. The Balaban J connectivity index is 1.70. The van der Waals surface area contributed by atoms with Crippen LogP contribution in [-0.4, -0.2) is 146 Å². The summed E-state index contributed by atoms with van der Waals surface area (Å²) in [5, 5.41) is 13.8. The van der Waals surface area contributed by atoms with Gasteiger partial charge in [0.1, 0.15) is 18.0 Å². The molecule has 0 unspecified atom stereocenters. The molecule has 18 atom stereocenters. The number of carbonyl (C=O) groups excluding carboxylic acids is 4. The van der Waals surface area contributed by atoms with Crippen LogP contribution < -0.4 is 5.32 Å². The standard InChI is InChI=1S/C40H66N2O14/c1-14-26-40(9)32(41-37(47)56-40)20(3)29(44)24-16-27(43)53-31-25(42(10)11)15-19(2)50-36(31)55-34(39(8,17-24)49-13)21(4)30(22(5)35(46)52-26)54-28-18-38(7,48-12)33(45)23(6)51-28/h19-26,28,30-34,36,45H,14-18H2,1-13H3,(H,41,47)/t19-,20+,21+,22-,23+,24-,25+,26-,28+,30+,31-,32-,33+,34-,36+,38-,39-,40-/m1/s1. The number of methoxy groups -OCH3 is 2. The van der Waals surface area contributed by atoms with Gasteiger partial charge in [-0.05, 0) is 74.9 Å². The SMILES string of the molecule is CC[C@H]1OC(=O)[C@H](C)[C@@H](O[C@H]2C[C@@](C)(OC)[C@@H](O)[C@H](C)O2)[C@H](C)[C@H]2O[C@@H]3O[C@H](C)C[C@H](N(C)C)[C@H]3OC(=O)C[C@H](C[C@@]2(C)OC)C(=O)[C@H](C)[C@H]2NC(=O)O[C@@]21C. The number of Topliss-reactive ketones (excluding diaryl/α,β-unsaturated/α-hetero) is 1. The molecular formula is C40H66N2O14. The van der Waals surface area contributed by atoms with Gasteiger partial charge in [-0.25, -0.2) is 4.79 Å². The van der Waals surface area contributed by atoms with E-state index in [1.54, 1.807) is 41.5 Å². The van der Waals surface area contributed by atoms with Crippen LogP contribution in [0.2, 0.25) is 0 Å². The van der Waals surface area contributed by atoms with Crippen molar-refractivity contribution in [3.05, 3.63) is 0 Å². The number of hydrogen-bond acceptors (Lipinski definition) is 15. The lowest BCUT2D eigenvalue weighted by molar-refractivity contribution is -0.321. The van der Waals surface area contributed by atoms with Crippen LogP contribution in [0.25, 0.3) is 0 Å². The molecule has 0 spiro atoms. The van der Waals surface area contributed by atoms with Gasteiger partial charge >= 0.3 is 18.0 Å². The van der Waals surface area contributed by atoms with E-state index in [4.69, 9.17) is 42.6 Å². The lowest BCUT2D eigenvalue weighted by atomic mass is 9.72. The Kier molecular flexibility index (Phi) is 13.6. The summed E-state index contributed by atoms with van der Waals surface area (Å²) in [6.07, 6.45) is -7.79. The Hall–Kier alpha value is -2.44. The van der Waals surface area contributed by atoms with Gasteiger partial charge in [0.25, 0.3) is 0 Å². The Bertz CT molecular complexity index is 1450. The molecule has 16 heteroatoms. The third-order valence-electron chi connectivity index (χ3n) is 13.4. The fourth-order valence-corrected chi connectivity index (χ4v) is 9.83. The second-order valence-corrected chi connectivity index (χ2v) is 17.6. The maximum Gasteiger partial charge on any atom is 0.408 e. The average Bonchev–Trinajstić information content (AvgIpc) is 3.46. The van der Waals surface area contributed by atoms with Crippen molar-refractivity contribution in [1.29, 1.82) is 0 Å². The maximum atomic E-state index is 14.8. The molecule has 5 aliphatic rings. The third-order valence-corrected chi connectivity index (χ3v) is 13.4. The van der Waals surface area contributed by atoms with Crippen molar-refractivity contribution in [2.24, 2.45) is 23.7 Å². The fourth-order valence-electron chi connectivity index (χ4n) is 9.83. The van der Waals surface area contributed by atoms with Crippen LogP contribution in [0, 0.1) is 23.7 Å². The first kappa shape index (κ1) is 44.7. The molecular weight excluding hydrogens is 732 g/mol. The second kappa shape index (κ2) is 17.0. The Morgan fingerprint density at radius 1 is 0.893 bits per heavy atom. The first-order valence-corrected chi connectivity index (χ1v) is 20.1. The molecule has 5 heterocycles. The normalized spacial score (nSPS) is 48.2. The van der Waals surface area contributed by atoms with Crippen molar-refractivity contribution in [3.8, 4) is 0 Å². The monoisotopic (exact) mass is 798 g/mol. The molecule has 2 bridgehead atoms. The summed E-state index contributed by atoms with van der Waals surface area (Å²) >= 11 is 0. The number of fused-ring (bicyclic) bond motifs is 5. The number of ketones is 1. The number of cyclic esters (lactones) is 1. The molecule has 0 aromatic rings. The lowest BCUT2D eigenvalue weighted by Gasteiger charge is -2.50. The number of rotatable bonds is 6. The Morgan fingerprint density at radius 2 is 1.55 bits per heavy atom. The van der Waals surface area contributed by atoms with Gasteiger partial charge in [0.15, 0.2) is 24.3 Å². The highest BCUT2D eigenvalue weighted by molar-refractivity contribution is 5.89. The van der Waals surface area contributed by atoms with E-state index in [1.165, 1.54) is 14.2 Å².